The number of carboxylic acid groups (broad SMARTS) is 1. The number of carboxylic acids is 1. The van der Waals surface area contributed by atoms with Gasteiger partial charge >= 0.3 is 5.97 Å². The van der Waals surface area contributed by atoms with Crippen LogP contribution in [0.15, 0.2) is 48.5 Å². The van der Waals surface area contributed by atoms with Gasteiger partial charge in [0.15, 0.2) is 11.3 Å². The summed E-state index contributed by atoms with van der Waals surface area (Å²) in [6.07, 6.45) is 0.714. The molecule has 4 heterocycles. The highest BCUT2D eigenvalue weighted by atomic mass is 35.5. The van der Waals surface area contributed by atoms with Crippen molar-refractivity contribution in [3.63, 3.8) is 0 Å². The standard InChI is InChI=1S/C28H27ClFN5O3/c1-33-25(31-22-7-8-23(28(36)37)32-27(22)33)15-34-9-11-35(12-10-34)24-4-2-3-17-13-18(16-38-26(17)24)20-6-5-19(29)14-21(20)30/h2-8,14,18H,9-13,15-16H2,1H3,(H,36,37). The topological polar surface area (TPSA) is 83.7 Å². The molecular weight excluding hydrogens is 509 g/mol. The van der Waals surface area contributed by atoms with Crippen molar-refractivity contribution in [2.24, 2.45) is 7.05 Å². The van der Waals surface area contributed by atoms with Crippen molar-refractivity contribution in [3.05, 3.63) is 82.0 Å². The molecule has 1 unspecified atom stereocenters. The van der Waals surface area contributed by atoms with E-state index in [1.807, 2.05) is 17.7 Å². The first-order valence-electron chi connectivity index (χ1n) is 12.6. The van der Waals surface area contributed by atoms with Crippen LogP contribution in [0.4, 0.5) is 10.1 Å². The number of aryl methyl sites for hydroxylation is 1. The molecule has 10 heteroatoms. The summed E-state index contributed by atoms with van der Waals surface area (Å²) < 4.78 is 22.6. The van der Waals surface area contributed by atoms with E-state index >= 15 is 0 Å². The van der Waals surface area contributed by atoms with E-state index in [-0.39, 0.29) is 17.4 Å². The Morgan fingerprint density at radius 3 is 2.71 bits per heavy atom. The van der Waals surface area contributed by atoms with E-state index in [0.29, 0.717) is 41.3 Å². The maximum atomic E-state index is 14.5. The Morgan fingerprint density at radius 2 is 1.95 bits per heavy atom. The van der Waals surface area contributed by atoms with E-state index in [2.05, 4.69) is 31.9 Å². The number of fused-ring (bicyclic) bond motifs is 2. The summed E-state index contributed by atoms with van der Waals surface area (Å²) in [7, 11) is 1.87. The molecule has 2 aromatic heterocycles. The van der Waals surface area contributed by atoms with E-state index in [9.17, 15) is 14.3 Å². The molecule has 1 N–H and O–H groups in total. The van der Waals surface area contributed by atoms with E-state index in [4.69, 9.17) is 16.3 Å². The Morgan fingerprint density at radius 1 is 1.13 bits per heavy atom. The van der Waals surface area contributed by atoms with Crippen LogP contribution in [0.25, 0.3) is 11.2 Å². The first-order chi connectivity index (χ1) is 18.4. The van der Waals surface area contributed by atoms with Crippen LogP contribution >= 0.6 is 11.6 Å². The Hall–Kier alpha value is -3.69. The number of para-hydroxylation sites is 1. The van der Waals surface area contributed by atoms with Crippen LogP contribution in [0.3, 0.4) is 0 Å². The van der Waals surface area contributed by atoms with Crippen molar-refractivity contribution < 1.29 is 19.0 Å². The summed E-state index contributed by atoms with van der Waals surface area (Å²) in [5.74, 6) is 0.346. The lowest BCUT2D eigenvalue weighted by atomic mass is 9.89. The van der Waals surface area contributed by atoms with Gasteiger partial charge in [-0.15, -0.1) is 0 Å². The van der Waals surface area contributed by atoms with Gasteiger partial charge in [0.2, 0.25) is 0 Å². The third-order valence-corrected chi connectivity index (χ3v) is 7.71. The fourth-order valence-corrected chi connectivity index (χ4v) is 5.57. The van der Waals surface area contributed by atoms with Crippen LogP contribution in [0.5, 0.6) is 5.75 Å². The summed E-state index contributed by atoms with van der Waals surface area (Å²) in [4.78, 5) is 24.9. The van der Waals surface area contributed by atoms with Gasteiger partial charge in [-0.2, -0.15) is 0 Å². The normalized spacial score (nSPS) is 17.9. The quantitative estimate of drug-likeness (QED) is 0.403. The summed E-state index contributed by atoms with van der Waals surface area (Å²) in [5.41, 5.74) is 4.07. The van der Waals surface area contributed by atoms with Crippen LogP contribution in [-0.4, -0.2) is 63.3 Å². The number of ether oxygens (including phenoxy) is 1. The van der Waals surface area contributed by atoms with E-state index in [1.165, 1.54) is 12.1 Å². The number of pyridine rings is 1. The number of halogens is 2. The highest BCUT2D eigenvalue weighted by molar-refractivity contribution is 6.30. The second kappa shape index (κ2) is 9.89. The first-order valence-corrected chi connectivity index (χ1v) is 13.0. The van der Waals surface area contributed by atoms with Gasteiger partial charge in [-0.3, -0.25) is 4.90 Å². The largest absolute Gasteiger partial charge is 0.490 e. The zero-order valence-electron chi connectivity index (χ0n) is 20.9. The Labute approximate surface area is 224 Å². The van der Waals surface area contributed by atoms with Crippen LogP contribution in [0.1, 0.15) is 33.4 Å². The van der Waals surface area contributed by atoms with Crippen LogP contribution in [0, 0.1) is 5.82 Å². The highest BCUT2D eigenvalue weighted by Gasteiger charge is 2.28. The number of imidazole rings is 1. The number of aromatic nitrogens is 3. The predicted octanol–water partition coefficient (Wildman–Crippen LogP) is 4.50. The Balaban J connectivity index is 1.13. The lowest BCUT2D eigenvalue weighted by Crippen LogP contribution is -2.46. The average molecular weight is 536 g/mol. The van der Waals surface area contributed by atoms with Crippen molar-refractivity contribution in [1.82, 2.24) is 19.4 Å². The molecule has 0 spiro atoms. The van der Waals surface area contributed by atoms with Gasteiger partial charge in [-0.05, 0) is 47.9 Å². The molecule has 0 radical (unpaired) electrons. The number of carbonyl (C=O) groups is 1. The lowest BCUT2D eigenvalue weighted by Gasteiger charge is -2.38. The maximum absolute atomic E-state index is 14.5. The molecule has 8 nitrogen and oxygen atoms in total. The third-order valence-electron chi connectivity index (χ3n) is 7.48. The molecule has 0 bridgehead atoms. The van der Waals surface area contributed by atoms with Gasteiger partial charge in [0.25, 0.3) is 0 Å². The van der Waals surface area contributed by atoms with Crippen molar-refractivity contribution in [1.29, 1.82) is 0 Å². The van der Waals surface area contributed by atoms with Gasteiger partial charge in [0.1, 0.15) is 22.9 Å². The van der Waals surface area contributed by atoms with Crippen molar-refractivity contribution >= 4 is 34.4 Å². The average Bonchev–Trinajstić information content (AvgIpc) is 3.22. The molecule has 0 amide bonds. The summed E-state index contributed by atoms with van der Waals surface area (Å²) in [5, 5.41) is 9.64. The molecule has 0 saturated carbocycles. The molecule has 2 aliphatic rings. The Bertz CT molecular complexity index is 1530. The fraction of sp³-hybridized carbons (Fsp3) is 0.321. The summed E-state index contributed by atoms with van der Waals surface area (Å²) >= 11 is 5.93. The minimum atomic E-state index is -1.05. The van der Waals surface area contributed by atoms with E-state index in [1.54, 1.807) is 18.2 Å². The fourth-order valence-electron chi connectivity index (χ4n) is 5.41. The number of nitrogens with zero attached hydrogens (tertiary/aromatic N) is 5. The van der Waals surface area contributed by atoms with E-state index < -0.39 is 5.97 Å². The van der Waals surface area contributed by atoms with Crippen LogP contribution in [0.2, 0.25) is 5.02 Å². The summed E-state index contributed by atoms with van der Waals surface area (Å²) in [6.45, 7) is 4.44. The van der Waals surface area contributed by atoms with E-state index in [0.717, 1.165) is 49.0 Å². The lowest BCUT2D eigenvalue weighted by molar-refractivity contribution is 0.0691. The van der Waals surface area contributed by atoms with Gasteiger partial charge in [0.05, 0.1) is 18.8 Å². The molecule has 1 atom stereocenters. The first kappa shape index (κ1) is 24.6. The zero-order chi connectivity index (χ0) is 26.4. The smallest absolute Gasteiger partial charge is 0.354 e. The van der Waals surface area contributed by atoms with Gasteiger partial charge in [-0.25, -0.2) is 19.2 Å². The molecule has 6 rings (SSSR count). The molecule has 1 fully saturated rings. The molecular formula is C28H27ClFN5O3. The summed E-state index contributed by atoms with van der Waals surface area (Å²) in [6, 6.07) is 14.2. The maximum Gasteiger partial charge on any atom is 0.354 e. The third kappa shape index (κ3) is 4.56. The molecule has 1 saturated heterocycles. The molecule has 2 aromatic carbocycles. The minimum Gasteiger partial charge on any atom is -0.490 e. The zero-order valence-corrected chi connectivity index (χ0v) is 21.7. The number of hydrogen-bond acceptors (Lipinski definition) is 6. The number of hydrogen-bond donors (Lipinski definition) is 1. The molecule has 4 aromatic rings. The molecule has 2 aliphatic heterocycles. The van der Waals surface area contributed by atoms with Gasteiger partial charge in [0, 0.05) is 44.2 Å². The highest BCUT2D eigenvalue weighted by Crippen LogP contribution is 2.40. The number of benzene rings is 2. The molecule has 196 valence electrons. The SMILES string of the molecule is Cn1c(CN2CCN(c3cccc4c3OCC(c3ccc(Cl)cc3F)C4)CC2)nc2ccc(C(=O)O)nc21. The number of aromatic carboxylic acids is 1. The monoisotopic (exact) mass is 535 g/mol. The van der Waals surface area contributed by atoms with Gasteiger partial charge in [-0.1, -0.05) is 29.8 Å². The minimum absolute atomic E-state index is 0.0127. The number of piperazine rings is 1. The van der Waals surface area contributed by atoms with Gasteiger partial charge < -0.3 is 19.3 Å². The molecule has 38 heavy (non-hydrogen) atoms. The number of rotatable bonds is 5. The van der Waals surface area contributed by atoms with Crippen molar-refractivity contribution in [2.75, 3.05) is 37.7 Å². The van der Waals surface area contributed by atoms with Crippen LogP contribution in [-0.2, 0) is 20.0 Å². The van der Waals surface area contributed by atoms with Crippen molar-refractivity contribution in [3.8, 4) is 5.75 Å². The molecule has 0 aliphatic carbocycles. The number of anilines is 1. The second-order valence-corrected chi connectivity index (χ2v) is 10.3. The van der Waals surface area contributed by atoms with Crippen LogP contribution < -0.4 is 9.64 Å². The Kier molecular flexibility index (Phi) is 6.41. The second-order valence-electron chi connectivity index (χ2n) is 9.84. The predicted molar refractivity (Wildman–Crippen MR) is 143 cm³/mol. The van der Waals surface area contributed by atoms with Crippen molar-refractivity contribution in [2.45, 2.75) is 18.9 Å².